The van der Waals surface area contributed by atoms with E-state index >= 15 is 0 Å². The molecule has 1 atom stereocenters. The topological polar surface area (TPSA) is 42.0 Å². The van der Waals surface area contributed by atoms with Gasteiger partial charge in [-0.25, -0.2) is 0 Å². The molecule has 1 heterocycles. The van der Waals surface area contributed by atoms with Crippen molar-refractivity contribution in [2.75, 3.05) is 6.54 Å². The molecular formula is C18H22N2O. The zero-order chi connectivity index (χ0) is 14.3. The molecule has 3 nitrogen and oxygen atoms in total. The van der Waals surface area contributed by atoms with Crippen molar-refractivity contribution in [3.63, 3.8) is 0 Å². The van der Waals surface area contributed by atoms with Gasteiger partial charge in [-0.2, -0.15) is 0 Å². The normalized spacial score (nSPS) is 25.3. The van der Waals surface area contributed by atoms with Crippen LogP contribution in [-0.2, 0) is 11.2 Å². The fourth-order valence-electron chi connectivity index (χ4n) is 4.23. The Labute approximate surface area is 125 Å². The van der Waals surface area contributed by atoms with Crippen molar-refractivity contribution in [1.82, 2.24) is 10.3 Å². The number of carbonyl (C=O) groups is 1. The molecule has 21 heavy (non-hydrogen) atoms. The second kappa shape index (κ2) is 4.97. The van der Waals surface area contributed by atoms with Gasteiger partial charge in [-0.15, -0.1) is 0 Å². The molecule has 3 aliphatic carbocycles. The SMILES string of the molecule is O=C(NCC1CC12CCCCC2)C1=Cc2cnccc2C1. The average molecular weight is 282 g/mol. The van der Waals surface area contributed by atoms with Gasteiger partial charge in [0.15, 0.2) is 0 Å². The first kappa shape index (κ1) is 13.1. The number of rotatable bonds is 3. The van der Waals surface area contributed by atoms with Gasteiger partial charge in [0.25, 0.3) is 0 Å². The number of pyridine rings is 1. The van der Waals surface area contributed by atoms with Crippen LogP contribution in [0.25, 0.3) is 6.08 Å². The molecule has 1 amide bonds. The Kier molecular flexibility index (Phi) is 3.09. The maximum absolute atomic E-state index is 12.3. The maximum atomic E-state index is 12.3. The molecule has 1 unspecified atom stereocenters. The summed E-state index contributed by atoms with van der Waals surface area (Å²) < 4.78 is 0. The molecule has 1 aromatic rings. The molecule has 1 spiro atoms. The third kappa shape index (κ3) is 2.39. The molecular weight excluding hydrogens is 260 g/mol. The minimum absolute atomic E-state index is 0.115. The van der Waals surface area contributed by atoms with E-state index in [1.807, 2.05) is 18.3 Å². The zero-order valence-electron chi connectivity index (χ0n) is 12.4. The van der Waals surface area contributed by atoms with E-state index in [9.17, 15) is 4.79 Å². The molecule has 4 rings (SSSR count). The number of fused-ring (bicyclic) bond motifs is 1. The molecule has 0 aromatic carbocycles. The first-order valence-electron chi connectivity index (χ1n) is 8.19. The fourth-order valence-corrected chi connectivity index (χ4v) is 4.23. The van der Waals surface area contributed by atoms with E-state index in [4.69, 9.17) is 0 Å². The van der Waals surface area contributed by atoms with Crippen LogP contribution in [0.5, 0.6) is 0 Å². The first-order valence-corrected chi connectivity index (χ1v) is 8.19. The third-order valence-corrected chi connectivity index (χ3v) is 5.67. The number of nitrogens with one attached hydrogen (secondary N) is 1. The van der Waals surface area contributed by atoms with Crippen molar-refractivity contribution in [3.05, 3.63) is 35.2 Å². The largest absolute Gasteiger partial charge is 0.352 e. The number of nitrogens with zero attached hydrogens (tertiary/aromatic N) is 1. The van der Waals surface area contributed by atoms with Gasteiger partial charge in [0.05, 0.1) is 0 Å². The lowest BCUT2D eigenvalue weighted by molar-refractivity contribution is -0.117. The predicted octanol–water partition coefficient (Wildman–Crippen LogP) is 3.11. The summed E-state index contributed by atoms with van der Waals surface area (Å²) in [4.78, 5) is 16.4. The van der Waals surface area contributed by atoms with Gasteiger partial charge in [0.1, 0.15) is 0 Å². The average Bonchev–Trinajstić information content (AvgIpc) is 2.99. The molecule has 3 heteroatoms. The summed E-state index contributed by atoms with van der Waals surface area (Å²) in [5.74, 6) is 0.844. The van der Waals surface area contributed by atoms with E-state index in [2.05, 4.69) is 10.3 Å². The van der Waals surface area contributed by atoms with Crippen LogP contribution in [0, 0.1) is 11.3 Å². The lowest BCUT2D eigenvalue weighted by Gasteiger charge is -2.22. The van der Waals surface area contributed by atoms with Crippen molar-refractivity contribution >= 4 is 12.0 Å². The quantitative estimate of drug-likeness (QED) is 0.925. The van der Waals surface area contributed by atoms with Crippen LogP contribution in [0.1, 0.15) is 49.7 Å². The minimum Gasteiger partial charge on any atom is -0.352 e. The van der Waals surface area contributed by atoms with Crippen LogP contribution in [0.2, 0.25) is 0 Å². The van der Waals surface area contributed by atoms with Crippen LogP contribution in [-0.4, -0.2) is 17.4 Å². The Bertz CT molecular complexity index is 599. The summed E-state index contributed by atoms with van der Waals surface area (Å²) in [6, 6.07) is 2.00. The van der Waals surface area contributed by atoms with Crippen molar-refractivity contribution in [2.45, 2.75) is 44.9 Å². The van der Waals surface area contributed by atoms with Gasteiger partial charge in [-0.05, 0) is 53.9 Å². The molecule has 3 aliphatic rings. The summed E-state index contributed by atoms with van der Waals surface area (Å²) in [5, 5.41) is 3.17. The Hall–Kier alpha value is -1.64. The minimum atomic E-state index is 0.115. The molecule has 2 saturated carbocycles. The number of hydrogen-bond donors (Lipinski definition) is 1. The summed E-state index contributed by atoms with van der Waals surface area (Å²) in [5.41, 5.74) is 3.79. The van der Waals surface area contributed by atoms with E-state index < -0.39 is 0 Å². The third-order valence-electron chi connectivity index (χ3n) is 5.67. The van der Waals surface area contributed by atoms with Crippen LogP contribution in [0.15, 0.2) is 24.0 Å². The Morgan fingerprint density at radius 3 is 3.00 bits per heavy atom. The predicted molar refractivity (Wildman–Crippen MR) is 82.6 cm³/mol. The van der Waals surface area contributed by atoms with Crippen molar-refractivity contribution in [1.29, 1.82) is 0 Å². The molecule has 110 valence electrons. The molecule has 1 aromatic heterocycles. The zero-order valence-corrected chi connectivity index (χ0v) is 12.4. The fraction of sp³-hybridized carbons (Fsp3) is 0.556. The van der Waals surface area contributed by atoms with Crippen molar-refractivity contribution in [2.24, 2.45) is 11.3 Å². The first-order chi connectivity index (χ1) is 10.3. The van der Waals surface area contributed by atoms with Crippen molar-refractivity contribution < 1.29 is 4.79 Å². The highest BCUT2D eigenvalue weighted by atomic mass is 16.1. The number of carbonyl (C=O) groups excluding carboxylic acids is 1. The van der Waals surface area contributed by atoms with Crippen LogP contribution in [0.3, 0.4) is 0 Å². The van der Waals surface area contributed by atoms with E-state index in [1.165, 1.54) is 44.1 Å². The second-order valence-corrected chi connectivity index (χ2v) is 6.95. The standard InChI is InChI=1S/C18H22N2O/c21-17(14-8-13-4-7-19-11-15(13)9-14)20-12-16-10-18(16)5-2-1-3-6-18/h4,7,9,11,16H,1-3,5-6,8,10,12H2,(H,20,21). The molecule has 1 N–H and O–H groups in total. The van der Waals surface area contributed by atoms with Gasteiger partial charge >= 0.3 is 0 Å². The van der Waals surface area contributed by atoms with E-state index in [-0.39, 0.29) is 5.91 Å². The number of aromatic nitrogens is 1. The molecule has 2 fully saturated rings. The second-order valence-electron chi connectivity index (χ2n) is 6.95. The van der Waals surface area contributed by atoms with Crippen LogP contribution in [0.4, 0.5) is 0 Å². The highest BCUT2D eigenvalue weighted by Crippen LogP contribution is 2.60. The summed E-state index contributed by atoms with van der Waals surface area (Å²) in [6.45, 7) is 0.866. The Morgan fingerprint density at radius 1 is 1.33 bits per heavy atom. The molecule has 0 aliphatic heterocycles. The van der Waals surface area contributed by atoms with E-state index in [1.54, 1.807) is 6.20 Å². The Morgan fingerprint density at radius 2 is 2.19 bits per heavy atom. The van der Waals surface area contributed by atoms with Crippen LogP contribution >= 0.6 is 0 Å². The summed E-state index contributed by atoms with van der Waals surface area (Å²) in [7, 11) is 0. The molecule has 0 saturated heterocycles. The van der Waals surface area contributed by atoms with E-state index in [0.717, 1.165) is 30.0 Å². The smallest absolute Gasteiger partial charge is 0.247 e. The van der Waals surface area contributed by atoms with E-state index in [0.29, 0.717) is 5.41 Å². The van der Waals surface area contributed by atoms with Gasteiger partial charge in [-0.3, -0.25) is 9.78 Å². The maximum Gasteiger partial charge on any atom is 0.247 e. The highest BCUT2D eigenvalue weighted by molar-refractivity contribution is 6.00. The Balaban J connectivity index is 1.32. The van der Waals surface area contributed by atoms with Crippen LogP contribution < -0.4 is 5.32 Å². The summed E-state index contributed by atoms with van der Waals surface area (Å²) in [6.07, 6.45) is 14.6. The van der Waals surface area contributed by atoms with Gasteiger partial charge in [0, 0.05) is 30.9 Å². The number of hydrogen-bond acceptors (Lipinski definition) is 2. The summed E-state index contributed by atoms with van der Waals surface area (Å²) >= 11 is 0. The monoisotopic (exact) mass is 282 g/mol. The van der Waals surface area contributed by atoms with Crippen molar-refractivity contribution in [3.8, 4) is 0 Å². The number of amides is 1. The van der Waals surface area contributed by atoms with Gasteiger partial charge in [-0.1, -0.05) is 19.3 Å². The highest BCUT2D eigenvalue weighted by Gasteiger charge is 2.53. The van der Waals surface area contributed by atoms with Gasteiger partial charge in [0.2, 0.25) is 5.91 Å². The van der Waals surface area contributed by atoms with Gasteiger partial charge < -0.3 is 5.32 Å². The lowest BCUT2D eigenvalue weighted by atomic mass is 9.84. The molecule has 0 bridgehead atoms. The lowest BCUT2D eigenvalue weighted by Crippen LogP contribution is -2.28. The molecule has 0 radical (unpaired) electrons.